The Kier molecular flexibility index (Phi) is 3.85. The van der Waals surface area contributed by atoms with Crippen LogP contribution in [0, 0.1) is 20.8 Å². The Balaban J connectivity index is 2.07. The second-order valence-corrected chi connectivity index (χ2v) is 6.70. The van der Waals surface area contributed by atoms with Gasteiger partial charge in [-0.3, -0.25) is 9.20 Å². The van der Waals surface area contributed by atoms with Crippen molar-refractivity contribution in [3.05, 3.63) is 40.0 Å². The van der Waals surface area contributed by atoms with Crippen molar-refractivity contribution in [1.29, 1.82) is 0 Å². The maximum atomic E-state index is 10.8. The van der Waals surface area contributed by atoms with Crippen LogP contribution in [0.2, 0.25) is 0 Å². The van der Waals surface area contributed by atoms with E-state index in [1.54, 1.807) is 7.11 Å². The number of hydrogen-bond acceptors (Lipinski definition) is 4. The fraction of sp³-hybridized carbons (Fsp3) is 0.294. The molecule has 1 aromatic carbocycles. The van der Waals surface area contributed by atoms with E-state index in [0.717, 1.165) is 43.5 Å². The van der Waals surface area contributed by atoms with E-state index in [1.165, 1.54) is 11.3 Å². The zero-order valence-corrected chi connectivity index (χ0v) is 14.3. The van der Waals surface area contributed by atoms with Gasteiger partial charge in [0.15, 0.2) is 4.96 Å². The van der Waals surface area contributed by atoms with Gasteiger partial charge < -0.3 is 9.84 Å². The highest BCUT2D eigenvalue weighted by atomic mass is 32.1. The molecule has 2 heterocycles. The highest BCUT2D eigenvalue weighted by Crippen LogP contribution is 2.34. The Morgan fingerprint density at radius 1 is 1.30 bits per heavy atom. The van der Waals surface area contributed by atoms with Gasteiger partial charge in [0.1, 0.15) is 5.75 Å². The highest BCUT2D eigenvalue weighted by molar-refractivity contribution is 7.17. The van der Waals surface area contributed by atoms with Crippen LogP contribution in [0.25, 0.3) is 16.2 Å². The molecule has 120 valence electrons. The van der Waals surface area contributed by atoms with Crippen molar-refractivity contribution in [2.45, 2.75) is 27.2 Å². The molecule has 0 saturated carbocycles. The molecule has 1 N–H and O–H groups in total. The fourth-order valence-electron chi connectivity index (χ4n) is 2.84. The van der Waals surface area contributed by atoms with E-state index >= 15 is 0 Å². The van der Waals surface area contributed by atoms with Gasteiger partial charge >= 0.3 is 5.97 Å². The predicted molar refractivity (Wildman–Crippen MR) is 90.6 cm³/mol. The maximum absolute atomic E-state index is 10.8. The smallest absolute Gasteiger partial charge is 0.308 e. The lowest BCUT2D eigenvalue weighted by Gasteiger charge is -2.14. The second-order valence-electron chi connectivity index (χ2n) is 5.61. The van der Waals surface area contributed by atoms with E-state index in [9.17, 15) is 4.79 Å². The van der Waals surface area contributed by atoms with Gasteiger partial charge in [-0.05, 0) is 43.5 Å². The number of aromatic nitrogens is 2. The summed E-state index contributed by atoms with van der Waals surface area (Å²) in [6.45, 7) is 6.14. The van der Waals surface area contributed by atoms with Gasteiger partial charge in [-0.1, -0.05) is 0 Å². The number of hydrogen-bond donors (Lipinski definition) is 1. The van der Waals surface area contributed by atoms with Crippen LogP contribution < -0.4 is 4.74 Å². The molecule has 0 fully saturated rings. The summed E-state index contributed by atoms with van der Waals surface area (Å²) in [6, 6.07) is 2.09. The Morgan fingerprint density at radius 2 is 2.04 bits per heavy atom. The number of ether oxygens (including phenoxy) is 1. The molecule has 0 bridgehead atoms. The van der Waals surface area contributed by atoms with Gasteiger partial charge in [0.25, 0.3) is 0 Å². The minimum Gasteiger partial charge on any atom is -0.496 e. The summed E-state index contributed by atoms with van der Waals surface area (Å²) >= 11 is 1.41. The second kappa shape index (κ2) is 5.70. The number of carboxylic acid groups (broad SMARTS) is 1. The molecule has 2 aromatic heterocycles. The number of aliphatic carboxylic acids is 1. The topological polar surface area (TPSA) is 63.8 Å². The van der Waals surface area contributed by atoms with Crippen LogP contribution in [0.4, 0.5) is 0 Å². The normalized spacial score (nSPS) is 11.1. The summed E-state index contributed by atoms with van der Waals surface area (Å²) in [5.74, 6) is 0.0861. The van der Waals surface area contributed by atoms with E-state index in [-0.39, 0.29) is 6.42 Å². The average Bonchev–Trinajstić information content (AvgIpc) is 3.00. The Bertz CT molecular complexity index is 877. The first-order valence-corrected chi connectivity index (χ1v) is 8.06. The molecular weight excluding hydrogens is 312 g/mol. The molecule has 0 saturated heterocycles. The molecule has 0 spiro atoms. The molecule has 0 amide bonds. The first-order valence-electron chi connectivity index (χ1n) is 7.25. The van der Waals surface area contributed by atoms with Crippen LogP contribution in [0.5, 0.6) is 5.75 Å². The molecule has 0 radical (unpaired) electrons. The van der Waals surface area contributed by atoms with E-state index in [1.807, 2.05) is 30.6 Å². The number of imidazole rings is 1. The number of methoxy groups -OCH3 is 1. The van der Waals surface area contributed by atoms with Gasteiger partial charge in [-0.25, -0.2) is 4.98 Å². The number of benzene rings is 1. The van der Waals surface area contributed by atoms with Crippen molar-refractivity contribution >= 4 is 22.3 Å². The SMILES string of the molecule is COc1c(C)cc(-c2cn3cc(CC(=O)O)sc3n2)c(C)c1C. The minimum atomic E-state index is -0.827. The monoisotopic (exact) mass is 330 g/mol. The molecule has 0 unspecified atom stereocenters. The summed E-state index contributed by atoms with van der Waals surface area (Å²) in [5, 5.41) is 8.87. The molecular formula is C17H18N2O3S. The number of fused-ring (bicyclic) bond motifs is 1. The van der Waals surface area contributed by atoms with Crippen LogP contribution in [0.15, 0.2) is 18.5 Å². The van der Waals surface area contributed by atoms with Crippen LogP contribution in [-0.4, -0.2) is 27.6 Å². The molecule has 0 aliphatic rings. The van der Waals surface area contributed by atoms with Crippen molar-refractivity contribution in [1.82, 2.24) is 9.38 Å². The van der Waals surface area contributed by atoms with E-state index in [4.69, 9.17) is 9.84 Å². The largest absolute Gasteiger partial charge is 0.496 e. The molecule has 0 aliphatic heterocycles. The van der Waals surface area contributed by atoms with Crippen molar-refractivity contribution in [3.8, 4) is 17.0 Å². The van der Waals surface area contributed by atoms with E-state index in [2.05, 4.69) is 18.0 Å². The number of rotatable bonds is 4. The quantitative estimate of drug-likeness (QED) is 0.793. The molecule has 0 atom stereocenters. The number of thiazole rings is 1. The lowest BCUT2D eigenvalue weighted by Crippen LogP contribution is -1.97. The summed E-state index contributed by atoms with van der Waals surface area (Å²) in [5.41, 5.74) is 5.31. The summed E-state index contributed by atoms with van der Waals surface area (Å²) in [7, 11) is 1.69. The zero-order valence-electron chi connectivity index (χ0n) is 13.5. The third-order valence-electron chi connectivity index (χ3n) is 4.04. The van der Waals surface area contributed by atoms with Gasteiger partial charge in [0.05, 0.1) is 19.2 Å². The Labute approximate surface area is 138 Å². The fourth-order valence-corrected chi connectivity index (χ4v) is 3.79. The summed E-state index contributed by atoms with van der Waals surface area (Å²) < 4.78 is 7.36. The van der Waals surface area contributed by atoms with Crippen LogP contribution in [0.1, 0.15) is 21.6 Å². The number of carbonyl (C=O) groups is 1. The summed E-state index contributed by atoms with van der Waals surface area (Å²) in [6.07, 6.45) is 3.82. The lowest BCUT2D eigenvalue weighted by molar-refractivity contribution is -0.136. The maximum Gasteiger partial charge on any atom is 0.308 e. The van der Waals surface area contributed by atoms with Crippen LogP contribution in [-0.2, 0) is 11.2 Å². The molecule has 3 rings (SSSR count). The highest BCUT2D eigenvalue weighted by Gasteiger charge is 2.15. The van der Waals surface area contributed by atoms with Crippen LogP contribution >= 0.6 is 11.3 Å². The summed E-state index contributed by atoms with van der Waals surface area (Å²) in [4.78, 5) is 17.1. The predicted octanol–water partition coefficient (Wildman–Crippen LogP) is 3.62. The third kappa shape index (κ3) is 2.70. The number of nitrogens with zero attached hydrogens (tertiary/aromatic N) is 2. The first kappa shape index (κ1) is 15.6. The first-order chi connectivity index (χ1) is 10.9. The van der Waals surface area contributed by atoms with Gasteiger partial charge in [-0.15, -0.1) is 11.3 Å². The van der Waals surface area contributed by atoms with Gasteiger partial charge in [-0.2, -0.15) is 0 Å². The van der Waals surface area contributed by atoms with Crippen LogP contribution in [0.3, 0.4) is 0 Å². The van der Waals surface area contributed by atoms with Crippen molar-refractivity contribution in [2.24, 2.45) is 0 Å². The van der Waals surface area contributed by atoms with E-state index in [0.29, 0.717) is 0 Å². The molecule has 23 heavy (non-hydrogen) atoms. The van der Waals surface area contributed by atoms with Crippen molar-refractivity contribution < 1.29 is 14.6 Å². The molecule has 0 aliphatic carbocycles. The lowest BCUT2D eigenvalue weighted by atomic mass is 9.97. The van der Waals surface area contributed by atoms with Gasteiger partial charge in [0, 0.05) is 22.8 Å². The van der Waals surface area contributed by atoms with E-state index < -0.39 is 5.97 Å². The van der Waals surface area contributed by atoms with Gasteiger partial charge in [0.2, 0.25) is 0 Å². The standard InChI is InChI=1S/C17H18N2O3S/c1-9-5-13(10(2)11(3)16(9)22-4)14-8-19-7-12(6-15(20)21)23-17(19)18-14/h5,7-8H,6H2,1-4H3,(H,20,21). The van der Waals surface area contributed by atoms with Crippen molar-refractivity contribution in [3.63, 3.8) is 0 Å². The Hall–Kier alpha value is -2.34. The number of carboxylic acids is 1. The Morgan fingerprint density at radius 3 is 2.65 bits per heavy atom. The average molecular weight is 330 g/mol. The molecule has 3 aromatic rings. The van der Waals surface area contributed by atoms with Crippen molar-refractivity contribution in [2.75, 3.05) is 7.11 Å². The zero-order chi connectivity index (χ0) is 16.7. The molecule has 6 heteroatoms. The third-order valence-corrected chi connectivity index (χ3v) is 5.03. The minimum absolute atomic E-state index is 0.0309. The number of aryl methyl sites for hydroxylation is 1. The molecule has 5 nitrogen and oxygen atoms in total.